The van der Waals surface area contributed by atoms with Crippen molar-refractivity contribution >= 4 is 0 Å². The average Bonchev–Trinajstić information content (AvgIpc) is 2.60. The van der Waals surface area contributed by atoms with E-state index in [9.17, 15) is 5.11 Å². The molecule has 5 N–H and O–H groups in total. The van der Waals surface area contributed by atoms with Gasteiger partial charge in [-0.2, -0.15) is 0 Å². The number of hydrogen-bond acceptors (Lipinski definition) is 7. The third-order valence-corrected chi connectivity index (χ3v) is 4.27. The summed E-state index contributed by atoms with van der Waals surface area (Å²) in [4.78, 5) is 0. The first kappa shape index (κ1) is 24.6. The number of rotatable bonds is 1. The largest absolute Gasteiger partial charge is 1.00 e. The number of nitrogens with one attached hydrogen (secondary N) is 4. The summed E-state index contributed by atoms with van der Waals surface area (Å²) >= 11 is 0. The minimum absolute atomic E-state index is 0. The molecule has 9 heteroatoms. The molecule has 24 heavy (non-hydrogen) atoms. The number of halogens is 1. The Morgan fingerprint density at radius 3 is 2.08 bits per heavy atom. The van der Waals surface area contributed by atoms with Crippen LogP contribution in [0.2, 0.25) is 0 Å². The van der Waals surface area contributed by atoms with Gasteiger partial charge >= 0.3 is 18.9 Å². The van der Waals surface area contributed by atoms with Crippen molar-refractivity contribution in [3.8, 4) is 0 Å². The van der Waals surface area contributed by atoms with E-state index in [1.54, 1.807) is 0 Å². The summed E-state index contributed by atoms with van der Waals surface area (Å²) in [7, 11) is 0. The van der Waals surface area contributed by atoms with Gasteiger partial charge in [-0.1, -0.05) is 0 Å². The summed E-state index contributed by atoms with van der Waals surface area (Å²) in [6, 6.07) is 0.161. The molecule has 2 rings (SSSR count). The molecule has 2 aliphatic rings. The quantitative estimate of drug-likeness (QED) is 0.298. The van der Waals surface area contributed by atoms with Crippen molar-refractivity contribution in [3.05, 3.63) is 0 Å². The zero-order valence-corrected chi connectivity index (χ0v) is 16.0. The first-order valence-electron chi connectivity index (χ1n) is 8.40. The van der Waals surface area contributed by atoms with Crippen LogP contribution >= 0.6 is 0 Å². The van der Waals surface area contributed by atoms with E-state index in [1.807, 2.05) is 13.8 Å². The molecule has 138 valence electrons. The monoisotopic (exact) mass is 358 g/mol. The van der Waals surface area contributed by atoms with Gasteiger partial charge in [0.1, 0.15) is 0 Å². The zero-order chi connectivity index (χ0) is 15.8. The standard InChI is InChI=1S/C15H32N4O3.ClH.Li/c1-15(2)21-10-12(14(20)11-22-15)13-9-18-6-5-16-3-4-17-7-8-19-13;;/h12-14,16-20H,3-11H2,1-2H3;1H;/q;;+1/p-1. The minimum Gasteiger partial charge on any atom is -1.00 e. The molecule has 0 radical (unpaired) electrons. The molecule has 0 aromatic rings. The summed E-state index contributed by atoms with van der Waals surface area (Å²) in [6.07, 6.45) is -0.514. The molecule has 3 atom stereocenters. The van der Waals surface area contributed by atoms with E-state index in [2.05, 4.69) is 21.3 Å². The molecular weight excluding hydrogens is 327 g/mol. The van der Waals surface area contributed by atoms with Gasteiger partial charge in [0.15, 0.2) is 5.79 Å². The van der Waals surface area contributed by atoms with Crippen LogP contribution in [0.15, 0.2) is 0 Å². The normalized spacial score (nSPS) is 32.9. The van der Waals surface area contributed by atoms with E-state index in [1.165, 1.54) is 0 Å². The number of hydrogen-bond donors (Lipinski definition) is 5. The maximum absolute atomic E-state index is 10.4. The van der Waals surface area contributed by atoms with Gasteiger partial charge in [0.05, 0.1) is 19.3 Å². The third-order valence-electron chi connectivity index (χ3n) is 4.27. The van der Waals surface area contributed by atoms with Crippen LogP contribution in [0.4, 0.5) is 0 Å². The van der Waals surface area contributed by atoms with Crippen molar-refractivity contribution in [1.82, 2.24) is 21.3 Å². The molecule has 0 bridgehead atoms. The Labute approximate surface area is 164 Å². The Morgan fingerprint density at radius 2 is 1.42 bits per heavy atom. The molecule has 2 heterocycles. The van der Waals surface area contributed by atoms with Crippen LogP contribution in [0.3, 0.4) is 0 Å². The third kappa shape index (κ3) is 8.81. The molecule has 2 saturated heterocycles. The van der Waals surface area contributed by atoms with Gasteiger partial charge in [-0.05, 0) is 13.8 Å². The molecular formula is C15H32ClLiN4O3. The summed E-state index contributed by atoms with van der Waals surface area (Å²) in [5, 5.41) is 24.2. The van der Waals surface area contributed by atoms with Crippen molar-refractivity contribution in [1.29, 1.82) is 0 Å². The van der Waals surface area contributed by atoms with Gasteiger partial charge in [0, 0.05) is 57.8 Å². The smallest absolute Gasteiger partial charge is 1.00 e. The number of aliphatic hydroxyl groups is 1. The fourth-order valence-electron chi connectivity index (χ4n) is 2.83. The average molecular weight is 359 g/mol. The Morgan fingerprint density at radius 1 is 0.875 bits per heavy atom. The molecule has 3 unspecified atom stereocenters. The first-order valence-corrected chi connectivity index (χ1v) is 8.40. The molecule has 2 fully saturated rings. The van der Waals surface area contributed by atoms with Gasteiger partial charge in [-0.25, -0.2) is 0 Å². The number of ether oxygens (including phenoxy) is 2. The second-order valence-electron chi connectivity index (χ2n) is 6.52. The second-order valence-corrected chi connectivity index (χ2v) is 6.52. The van der Waals surface area contributed by atoms with E-state index < -0.39 is 11.9 Å². The fourth-order valence-corrected chi connectivity index (χ4v) is 2.83. The SMILES string of the molecule is CC1(C)OCC(O)C(C2CNCCNCCNCCN2)CO1.[Cl-].[Li+]. The van der Waals surface area contributed by atoms with Gasteiger partial charge in [-0.3, -0.25) is 0 Å². The van der Waals surface area contributed by atoms with Gasteiger partial charge in [-0.15, -0.1) is 0 Å². The maximum Gasteiger partial charge on any atom is 1.00 e. The molecule has 0 aromatic carbocycles. The first-order chi connectivity index (χ1) is 10.6. The molecule has 0 saturated carbocycles. The molecule has 0 amide bonds. The second kappa shape index (κ2) is 12.9. The van der Waals surface area contributed by atoms with Crippen LogP contribution < -0.4 is 52.5 Å². The fraction of sp³-hybridized carbons (Fsp3) is 1.00. The molecule has 7 nitrogen and oxygen atoms in total. The topological polar surface area (TPSA) is 86.8 Å². The Hall–Kier alpha value is 0.607. The van der Waals surface area contributed by atoms with E-state index >= 15 is 0 Å². The van der Waals surface area contributed by atoms with Gasteiger partial charge < -0.3 is 48.3 Å². The predicted molar refractivity (Wildman–Crippen MR) is 85.9 cm³/mol. The van der Waals surface area contributed by atoms with Crippen molar-refractivity contribution in [3.63, 3.8) is 0 Å². The van der Waals surface area contributed by atoms with Crippen molar-refractivity contribution < 1.29 is 45.8 Å². The summed E-state index contributed by atoms with van der Waals surface area (Å²) in [5.41, 5.74) is 0. The number of aliphatic hydroxyl groups excluding tert-OH is 1. The zero-order valence-electron chi connectivity index (χ0n) is 15.2. The molecule has 0 aliphatic carbocycles. The van der Waals surface area contributed by atoms with E-state index in [0.717, 1.165) is 45.8 Å². The van der Waals surface area contributed by atoms with Crippen LogP contribution in [-0.4, -0.2) is 82.1 Å². The van der Waals surface area contributed by atoms with Crippen LogP contribution in [0.25, 0.3) is 0 Å². The van der Waals surface area contributed by atoms with Crippen LogP contribution in [0.1, 0.15) is 13.8 Å². The molecule has 2 aliphatic heterocycles. The Bertz CT molecular complexity index is 317. The van der Waals surface area contributed by atoms with E-state index in [-0.39, 0.29) is 43.2 Å². The summed E-state index contributed by atoms with van der Waals surface area (Å²) < 4.78 is 11.4. The van der Waals surface area contributed by atoms with Crippen molar-refractivity contribution in [2.24, 2.45) is 5.92 Å². The van der Waals surface area contributed by atoms with E-state index in [4.69, 9.17) is 9.47 Å². The Balaban J connectivity index is 0.00000264. The van der Waals surface area contributed by atoms with Gasteiger partial charge in [0.25, 0.3) is 0 Å². The molecule has 0 spiro atoms. The summed E-state index contributed by atoms with van der Waals surface area (Å²) in [5.74, 6) is -0.606. The van der Waals surface area contributed by atoms with Crippen LogP contribution in [0.5, 0.6) is 0 Å². The summed E-state index contributed by atoms with van der Waals surface area (Å²) in [6.45, 7) is 11.1. The predicted octanol–water partition coefficient (Wildman–Crippen LogP) is -7.51. The molecule has 0 aromatic heterocycles. The van der Waals surface area contributed by atoms with Crippen molar-refractivity contribution in [2.75, 3.05) is 59.0 Å². The van der Waals surface area contributed by atoms with Gasteiger partial charge in [0.2, 0.25) is 0 Å². The Kier molecular flexibility index (Phi) is 13.2. The van der Waals surface area contributed by atoms with Crippen molar-refractivity contribution in [2.45, 2.75) is 31.8 Å². The van der Waals surface area contributed by atoms with Crippen LogP contribution in [0, 0.1) is 5.92 Å². The van der Waals surface area contributed by atoms with Crippen LogP contribution in [-0.2, 0) is 9.47 Å². The van der Waals surface area contributed by atoms with E-state index in [0.29, 0.717) is 13.2 Å². The maximum atomic E-state index is 10.4. The minimum atomic E-state index is -0.625.